The van der Waals surface area contributed by atoms with Crippen molar-refractivity contribution in [2.75, 3.05) is 27.4 Å². The molecule has 0 aromatic heterocycles. The van der Waals surface area contributed by atoms with E-state index in [1.54, 1.807) is 0 Å². The summed E-state index contributed by atoms with van der Waals surface area (Å²) in [5.41, 5.74) is 0.163. The van der Waals surface area contributed by atoms with Crippen LogP contribution in [0.5, 0.6) is 11.5 Å². The van der Waals surface area contributed by atoms with Crippen LogP contribution in [-0.4, -0.2) is 47.5 Å². The Labute approximate surface area is 161 Å². The van der Waals surface area contributed by atoms with Crippen LogP contribution < -0.4 is 14.2 Å². The first-order chi connectivity index (χ1) is 13.3. The zero-order valence-electron chi connectivity index (χ0n) is 15.1. The number of halogens is 1. The molecule has 0 radical (unpaired) electrons. The molecule has 0 aliphatic rings. The molecule has 0 heterocycles. The number of methoxy groups -OCH3 is 2. The summed E-state index contributed by atoms with van der Waals surface area (Å²) in [7, 11) is -1.43. The third-order valence-electron chi connectivity index (χ3n) is 3.60. The molecule has 150 valence electrons. The van der Waals surface area contributed by atoms with Gasteiger partial charge in [-0.25, -0.2) is 12.8 Å². The minimum Gasteiger partial charge on any atom is -0.497 e. The summed E-state index contributed by atoms with van der Waals surface area (Å²) >= 11 is 0. The van der Waals surface area contributed by atoms with Crippen LogP contribution >= 0.6 is 0 Å². The van der Waals surface area contributed by atoms with Gasteiger partial charge in [0.05, 0.1) is 14.2 Å². The van der Waals surface area contributed by atoms with Gasteiger partial charge in [-0.05, 0) is 36.4 Å². The van der Waals surface area contributed by atoms with Crippen molar-refractivity contribution in [3.05, 3.63) is 53.8 Å². The highest BCUT2D eigenvalue weighted by molar-refractivity contribution is 7.89. The van der Waals surface area contributed by atoms with Crippen molar-refractivity contribution >= 4 is 21.8 Å². The monoisotopic (exact) mass is 411 g/mol. The van der Waals surface area contributed by atoms with Crippen LogP contribution in [0.4, 0.5) is 4.39 Å². The van der Waals surface area contributed by atoms with Crippen LogP contribution in [0.25, 0.3) is 0 Å². The maximum Gasteiger partial charge on any atom is 0.321 e. The lowest BCUT2D eigenvalue weighted by molar-refractivity contribution is -0.141. The first-order valence-electron chi connectivity index (χ1n) is 7.93. The van der Waals surface area contributed by atoms with Crippen molar-refractivity contribution in [1.29, 1.82) is 0 Å². The molecule has 0 amide bonds. The molecule has 0 atom stereocenters. The largest absolute Gasteiger partial charge is 0.497 e. The average molecular weight is 411 g/mol. The standard InChI is InChI=1S/C18H18FNO7S/c1-25-14-7-8-16(26-2)17(9-14)28(23,24)20-10-18(22)27-11-15(21)12-3-5-13(19)6-4-12/h3-9,20H,10-11H2,1-2H3. The van der Waals surface area contributed by atoms with Crippen LogP contribution in [-0.2, 0) is 19.6 Å². The molecule has 1 N–H and O–H groups in total. The van der Waals surface area contributed by atoms with Gasteiger partial charge in [-0.1, -0.05) is 0 Å². The lowest BCUT2D eigenvalue weighted by Crippen LogP contribution is -2.31. The van der Waals surface area contributed by atoms with E-state index in [9.17, 15) is 22.4 Å². The second-order valence-electron chi connectivity index (χ2n) is 5.43. The van der Waals surface area contributed by atoms with Gasteiger partial charge in [0.2, 0.25) is 10.0 Å². The molecule has 10 heteroatoms. The number of hydrogen-bond donors (Lipinski definition) is 1. The number of ether oxygens (including phenoxy) is 3. The molecule has 2 rings (SSSR count). The van der Waals surface area contributed by atoms with Gasteiger partial charge in [0.25, 0.3) is 0 Å². The second kappa shape index (κ2) is 9.29. The number of hydrogen-bond acceptors (Lipinski definition) is 7. The smallest absolute Gasteiger partial charge is 0.321 e. The highest BCUT2D eigenvalue weighted by Gasteiger charge is 2.22. The molecule has 0 fully saturated rings. The van der Waals surface area contributed by atoms with Gasteiger partial charge in [0, 0.05) is 11.6 Å². The first-order valence-corrected chi connectivity index (χ1v) is 9.41. The van der Waals surface area contributed by atoms with E-state index in [4.69, 9.17) is 14.2 Å². The van der Waals surface area contributed by atoms with Gasteiger partial charge in [-0.15, -0.1) is 0 Å². The van der Waals surface area contributed by atoms with Crippen LogP contribution in [0.1, 0.15) is 10.4 Å². The van der Waals surface area contributed by atoms with E-state index >= 15 is 0 Å². The molecule has 28 heavy (non-hydrogen) atoms. The van der Waals surface area contributed by atoms with Gasteiger partial charge < -0.3 is 14.2 Å². The molecule has 2 aromatic carbocycles. The lowest BCUT2D eigenvalue weighted by atomic mass is 10.1. The van der Waals surface area contributed by atoms with Crippen molar-refractivity contribution in [2.24, 2.45) is 0 Å². The summed E-state index contributed by atoms with van der Waals surface area (Å²) in [6, 6.07) is 8.88. The van der Waals surface area contributed by atoms with E-state index in [2.05, 4.69) is 4.72 Å². The molecular weight excluding hydrogens is 393 g/mol. The molecule has 2 aromatic rings. The molecule has 0 saturated carbocycles. The van der Waals surface area contributed by atoms with E-state index in [-0.39, 0.29) is 22.0 Å². The molecule has 0 aliphatic carbocycles. The number of ketones is 1. The normalized spacial score (nSPS) is 11.0. The lowest BCUT2D eigenvalue weighted by Gasteiger charge is -2.12. The minimum absolute atomic E-state index is 0.0631. The molecule has 0 spiro atoms. The second-order valence-corrected chi connectivity index (χ2v) is 7.17. The molecule has 0 saturated heterocycles. The van der Waals surface area contributed by atoms with Gasteiger partial charge in [0.15, 0.2) is 12.4 Å². The van der Waals surface area contributed by atoms with Crippen molar-refractivity contribution in [3.63, 3.8) is 0 Å². The fraction of sp³-hybridized carbons (Fsp3) is 0.222. The predicted molar refractivity (Wildman–Crippen MR) is 96.4 cm³/mol. The van der Waals surface area contributed by atoms with Gasteiger partial charge in [-0.3, -0.25) is 9.59 Å². The van der Waals surface area contributed by atoms with Crippen LogP contribution in [0.15, 0.2) is 47.4 Å². The number of nitrogens with one attached hydrogen (secondary N) is 1. The molecule has 8 nitrogen and oxygen atoms in total. The maximum atomic E-state index is 12.8. The molecule has 0 unspecified atom stereocenters. The van der Waals surface area contributed by atoms with E-state index < -0.39 is 40.7 Å². The predicted octanol–water partition coefficient (Wildman–Crippen LogP) is 1.55. The Morgan fingerprint density at radius 3 is 2.32 bits per heavy atom. The summed E-state index contributed by atoms with van der Waals surface area (Å²) in [4.78, 5) is 23.4. The Kier molecular flexibility index (Phi) is 7.07. The van der Waals surface area contributed by atoms with Crippen molar-refractivity contribution < 1.29 is 36.6 Å². The zero-order chi connectivity index (χ0) is 20.7. The number of benzene rings is 2. The summed E-state index contributed by atoms with van der Waals surface area (Å²) in [5.74, 6) is -1.66. The molecule has 0 bridgehead atoms. The quantitative estimate of drug-likeness (QED) is 0.493. The maximum absolute atomic E-state index is 12.8. The topological polar surface area (TPSA) is 108 Å². The number of esters is 1. The van der Waals surface area contributed by atoms with Gasteiger partial charge in [0.1, 0.15) is 28.8 Å². The zero-order valence-corrected chi connectivity index (χ0v) is 15.9. The highest BCUT2D eigenvalue weighted by atomic mass is 32.2. The van der Waals surface area contributed by atoms with E-state index in [0.29, 0.717) is 0 Å². The Morgan fingerprint density at radius 2 is 1.71 bits per heavy atom. The molecule has 0 aliphatic heterocycles. The first kappa shape index (κ1) is 21.3. The summed E-state index contributed by atoms with van der Waals surface area (Å²) in [6.07, 6.45) is 0. The number of rotatable bonds is 9. The summed E-state index contributed by atoms with van der Waals surface area (Å²) < 4.78 is 54.5. The fourth-order valence-electron chi connectivity index (χ4n) is 2.14. The third-order valence-corrected chi connectivity index (χ3v) is 5.02. The van der Waals surface area contributed by atoms with Crippen LogP contribution in [0.2, 0.25) is 0 Å². The highest BCUT2D eigenvalue weighted by Crippen LogP contribution is 2.27. The van der Waals surface area contributed by atoms with E-state index in [1.165, 1.54) is 44.6 Å². The number of carbonyl (C=O) groups excluding carboxylic acids is 2. The van der Waals surface area contributed by atoms with Gasteiger partial charge >= 0.3 is 5.97 Å². The number of sulfonamides is 1. The summed E-state index contributed by atoms with van der Waals surface area (Å²) in [6.45, 7) is -1.30. The molecular formula is C18H18FNO7S. The SMILES string of the molecule is COc1ccc(OC)c(S(=O)(=O)NCC(=O)OCC(=O)c2ccc(F)cc2)c1. The number of carbonyl (C=O) groups is 2. The van der Waals surface area contributed by atoms with Crippen LogP contribution in [0, 0.1) is 5.82 Å². The van der Waals surface area contributed by atoms with Crippen molar-refractivity contribution in [2.45, 2.75) is 4.90 Å². The fourth-order valence-corrected chi connectivity index (χ4v) is 3.29. The Hall–Kier alpha value is -2.98. The number of Topliss-reactive ketones (excluding diaryl/α,β-unsaturated/α-hetero) is 1. The van der Waals surface area contributed by atoms with E-state index in [0.717, 1.165) is 12.1 Å². The van der Waals surface area contributed by atoms with Crippen molar-refractivity contribution in [3.8, 4) is 11.5 Å². The Bertz CT molecular complexity index is 958. The average Bonchev–Trinajstić information content (AvgIpc) is 2.70. The Morgan fingerprint density at radius 1 is 1.04 bits per heavy atom. The van der Waals surface area contributed by atoms with Crippen LogP contribution in [0.3, 0.4) is 0 Å². The van der Waals surface area contributed by atoms with Gasteiger partial charge in [-0.2, -0.15) is 4.72 Å². The Balaban J connectivity index is 1.96. The van der Waals surface area contributed by atoms with Crippen molar-refractivity contribution in [1.82, 2.24) is 4.72 Å². The summed E-state index contributed by atoms with van der Waals surface area (Å²) in [5, 5.41) is 0. The minimum atomic E-state index is -4.11. The third kappa shape index (κ3) is 5.51. The van der Waals surface area contributed by atoms with E-state index in [1.807, 2.05) is 0 Å².